The summed E-state index contributed by atoms with van der Waals surface area (Å²) in [6.07, 6.45) is 7.42. The van der Waals surface area contributed by atoms with Crippen molar-refractivity contribution in [3.8, 4) is 0 Å². The molecule has 21 heavy (non-hydrogen) atoms. The van der Waals surface area contributed by atoms with Crippen molar-refractivity contribution in [3.63, 3.8) is 0 Å². The lowest BCUT2D eigenvalue weighted by Gasteiger charge is -2.39. The summed E-state index contributed by atoms with van der Waals surface area (Å²) in [5.74, 6) is 1.47. The van der Waals surface area contributed by atoms with Gasteiger partial charge in [0, 0.05) is 32.4 Å². The highest BCUT2D eigenvalue weighted by molar-refractivity contribution is 5.32. The molecule has 112 valence electrons. The smallest absolute Gasteiger partial charge is 0.225 e. The zero-order chi connectivity index (χ0) is 14.9. The van der Waals surface area contributed by atoms with E-state index in [-0.39, 0.29) is 0 Å². The Morgan fingerprint density at radius 1 is 1.33 bits per heavy atom. The fourth-order valence-corrected chi connectivity index (χ4v) is 2.74. The van der Waals surface area contributed by atoms with Gasteiger partial charge in [-0.2, -0.15) is 0 Å². The van der Waals surface area contributed by atoms with Crippen LogP contribution in [0.1, 0.15) is 24.2 Å². The number of rotatable bonds is 3. The van der Waals surface area contributed by atoms with E-state index in [1.54, 1.807) is 18.7 Å². The molecule has 0 radical (unpaired) electrons. The second kappa shape index (κ2) is 5.40. The fraction of sp³-hybridized carbons (Fsp3) is 0.571. The number of piperidine rings is 1. The molecule has 0 spiro atoms. The molecule has 1 aliphatic rings. The first kappa shape index (κ1) is 13.9. The second-order valence-corrected chi connectivity index (χ2v) is 5.84. The Kier molecular flexibility index (Phi) is 3.59. The first-order valence-electron chi connectivity index (χ1n) is 7.15. The minimum atomic E-state index is -0.812. The van der Waals surface area contributed by atoms with Gasteiger partial charge in [0.1, 0.15) is 12.2 Å². The molecule has 3 rings (SSSR count). The van der Waals surface area contributed by atoms with E-state index in [9.17, 15) is 5.11 Å². The van der Waals surface area contributed by atoms with E-state index in [4.69, 9.17) is 0 Å². The minimum absolute atomic E-state index is 0.492. The summed E-state index contributed by atoms with van der Waals surface area (Å²) >= 11 is 0. The standard InChI is InChI=1S/C14H20N6O/c1-11-7-15-13(16-8-11)20-5-3-4-14(21,9-20)6-12-18-17-10-19(12)2/h7-8,10,21H,3-6,9H2,1-2H3. The molecule has 1 N–H and O–H groups in total. The van der Waals surface area contributed by atoms with Crippen molar-refractivity contribution in [2.45, 2.75) is 31.8 Å². The minimum Gasteiger partial charge on any atom is -0.388 e. The largest absolute Gasteiger partial charge is 0.388 e. The highest BCUT2D eigenvalue weighted by atomic mass is 16.3. The molecule has 0 saturated carbocycles. The molecule has 1 fully saturated rings. The van der Waals surface area contributed by atoms with E-state index >= 15 is 0 Å². The van der Waals surface area contributed by atoms with Crippen molar-refractivity contribution in [1.29, 1.82) is 0 Å². The number of hydrogen-bond acceptors (Lipinski definition) is 6. The van der Waals surface area contributed by atoms with Crippen LogP contribution in [0.15, 0.2) is 18.7 Å². The Hall–Kier alpha value is -2.02. The van der Waals surface area contributed by atoms with Crippen molar-refractivity contribution >= 4 is 5.95 Å². The van der Waals surface area contributed by atoms with Crippen LogP contribution in [0.25, 0.3) is 0 Å². The molecule has 7 nitrogen and oxygen atoms in total. The maximum atomic E-state index is 10.9. The molecular formula is C14H20N6O. The summed E-state index contributed by atoms with van der Waals surface area (Å²) in [5, 5.41) is 18.8. The van der Waals surface area contributed by atoms with Crippen molar-refractivity contribution in [1.82, 2.24) is 24.7 Å². The Labute approximate surface area is 123 Å². The Bertz CT molecular complexity index is 610. The quantitative estimate of drug-likeness (QED) is 0.885. The van der Waals surface area contributed by atoms with Crippen LogP contribution < -0.4 is 4.90 Å². The number of anilines is 1. The third-order valence-electron chi connectivity index (χ3n) is 3.90. The Morgan fingerprint density at radius 3 is 2.76 bits per heavy atom. The van der Waals surface area contributed by atoms with E-state index in [0.717, 1.165) is 30.8 Å². The zero-order valence-corrected chi connectivity index (χ0v) is 12.4. The lowest BCUT2D eigenvalue weighted by molar-refractivity contribution is 0.0234. The summed E-state index contributed by atoms with van der Waals surface area (Å²) in [4.78, 5) is 10.7. The van der Waals surface area contributed by atoms with Crippen molar-refractivity contribution in [2.75, 3.05) is 18.0 Å². The molecule has 1 atom stereocenters. The number of aryl methyl sites for hydroxylation is 2. The number of nitrogens with zero attached hydrogens (tertiary/aromatic N) is 6. The van der Waals surface area contributed by atoms with Crippen LogP contribution in [0, 0.1) is 6.92 Å². The van der Waals surface area contributed by atoms with Gasteiger partial charge in [-0.15, -0.1) is 10.2 Å². The van der Waals surface area contributed by atoms with Crippen LogP contribution >= 0.6 is 0 Å². The first-order chi connectivity index (χ1) is 10.1. The summed E-state index contributed by atoms with van der Waals surface area (Å²) in [5.41, 5.74) is 0.220. The predicted molar refractivity (Wildman–Crippen MR) is 77.9 cm³/mol. The Balaban J connectivity index is 1.75. The van der Waals surface area contributed by atoms with Crippen LogP contribution in [-0.2, 0) is 13.5 Å². The average Bonchev–Trinajstić information content (AvgIpc) is 2.84. The van der Waals surface area contributed by atoms with E-state index in [1.807, 2.05) is 23.4 Å². The van der Waals surface area contributed by atoms with Crippen molar-refractivity contribution < 1.29 is 5.11 Å². The van der Waals surface area contributed by atoms with Gasteiger partial charge in [0.2, 0.25) is 5.95 Å². The lowest BCUT2D eigenvalue weighted by atomic mass is 9.89. The van der Waals surface area contributed by atoms with Gasteiger partial charge in [0.25, 0.3) is 0 Å². The highest BCUT2D eigenvalue weighted by Gasteiger charge is 2.35. The number of aromatic nitrogens is 5. The molecule has 0 aliphatic carbocycles. The normalized spacial score (nSPS) is 22.5. The van der Waals surface area contributed by atoms with Gasteiger partial charge in [0.05, 0.1) is 12.1 Å². The molecule has 7 heteroatoms. The SMILES string of the molecule is Cc1cnc(N2CCCC(O)(Cc3nncn3C)C2)nc1. The van der Waals surface area contributed by atoms with Crippen molar-refractivity contribution in [3.05, 3.63) is 30.1 Å². The van der Waals surface area contributed by atoms with Crippen LogP contribution in [0.3, 0.4) is 0 Å². The van der Waals surface area contributed by atoms with Gasteiger partial charge in [-0.1, -0.05) is 0 Å². The summed E-state index contributed by atoms with van der Waals surface area (Å²) in [7, 11) is 1.89. The van der Waals surface area contributed by atoms with Gasteiger partial charge in [-0.05, 0) is 25.3 Å². The van der Waals surface area contributed by atoms with E-state index in [0.29, 0.717) is 18.9 Å². The topological polar surface area (TPSA) is 80.0 Å². The summed E-state index contributed by atoms with van der Waals surface area (Å²) in [6.45, 7) is 3.34. The van der Waals surface area contributed by atoms with Gasteiger partial charge in [-0.3, -0.25) is 0 Å². The monoisotopic (exact) mass is 288 g/mol. The maximum Gasteiger partial charge on any atom is 0.225 e. The molecule has 1 aliphatic heterocycles. The van der Waals surface area contributed by atoms with E-state index in [2.05, 4.69) is 20.2 Å². The fourth-order valence-electron chi connectivity index (χ4n) is 2.74. The molecule has 3 heterocycles. The van der Waals surface area contributed by atoms with E-state index < -0.39 is 5.60 Å². The van der Waals surface area contributed by atoms with E-state index in [1.165, 1.54) is 0 Å². The molecule has 1 saturated heterocycles. The maximum absolute atomic E-state index is 10.9. The van der Waals surface area contributed by atoms with Crippen LogP contribution in [0.4, 0.5) is 5.95 Å². The van der Waals surface area contributed by atoms with Crippen molar-refractivity contribution in [2.24, 2.45) is 7.05 Å². The van der Waals surface area contributed by atoms with Crippen LogP contribution in [0.5, 0.6) is 0 Å². The second-order valence-electron chi connectivity index (χ2n) is 5.84. The third kappa shape index (κ3) is 3.02. The van der Waals surface area contributed by atoms with Crippen LogP contribution in [-0.4, -0.2) is 48.5 Å². The molecule has 0 aromatic carbocycles. The van der Waals surface area contributed by atoms with Gasteiger partial charge >= 0.3 is 0 Å². The highest BCUT2D eigenvalue weighted by Crippen LogP contribution is 2.26. The third-order valence-corrected chi connectivity index (χ3v) is 3.90. The number of aliphatic hydroxyl groups is 1. The lowest BCUT2D eigenvalue weighted by Crippen LogP contribution is -2.50. The molecule has 1 unspecified atom stereocenters. The molecule has 2 aromatic rings. The first-order valence-corrected chi connectivity index (χ1v) is 7.15. The van der Waals surface area contributed by atoms with Gasteiger partial charge in [-0.25, -0.2) is 9.97 Å². The predicted octanol–water partition coefficient (Wildman–Crippen LogP) is 0.488. The summed E-state index contributed by atoms with van der Waals surface area (Å²) < 4.78 is 1.85. The van der Waals surface area contributed by atoms with Gasteiger partial charge < -0.3 is 14.6 Å². The Morgan fingerprint density at radius 2 is 2.10 bits per heavy atom. The van der Waals surface area contributed by atoms with Gasteiger partial charge in [0.15, 0.2) is 0 Å². The van der Waals surface area contributed by atoms with Crippen LogP contribution in [0.2, 0.25) is 0 Å². The molecule has 0 bridgehead atoms. The molecule has 0 amide bonds. The molecule has 2 aromatic heterocycles. The zero-order valence-electron chi connectivity index (χ0n) is 12.4. The molecular weight excluding hydrogens is 268 g/mol. The number of hydrogen-bond donors (Lipinski definition) is 1. The average molecular weight is 288 g/mol. The number of β-amino-alcohol motifs (C(OH)–C–C–N with tert-alkyl or cyclic N) is 1. The summed E-state index contributed by atoms with van der Waals surface area (Å²) in [6, 6.07) is 0.